The van der Waals surface area contributed by atoms with E-state index in [1.54, 1.807) is 25.1 Å². The molecule has 0 unspecified atom stereocenters. The zero-order valence-electron chi connectivity index (χ0n) is 18.4. The van der Waals surface area contributed by atoms with Gasteiger partial charge in [0.15, 0.2) is 12.1 Å². The summed E-state index contributed by atoms with van der Waals surface area (Å²) in [6.45, 7) is 0. The zero-order chi connectivity index (χ0) is 22.6. The Morgan fingerprint density at radius 3 is 2.42 bits per heavy atom. The van der Waals surface area contributed by atoms with Gasteiger partial charge in [-0.3, -0.25) is 9.59 Å². The second-order valence-corrected chi connectivity index (χ2v) is 8.03. The molecule has 2 aromatic carbocycles. The molecule has 0 saturated heterocycles. The maximum atomic E-state index is 12.7. The SMILES string of the molecule is CN(C)C(=O)CCC/C=C\c1cccc(C(=O)CC[C@H](Cc2ccccc2)C(O)O)c1. The van der Waals surface area contributed by atoms with Crippen LogP contribution < -0.4 is 0 Å². The van der Waals surface area contributed by atoms with E-state index >= 15 is 0 Å². The van der Waals surface area contributed by atoms with Crippen LogP contribution >= 0.6 is 0 Å². The van der Waals surface area contributed by atoms with Gasteiger partial charge in [-0.25, -0.2) is 0 Å². The first kappa shape index (κ1) is 24.5. The molecule has 0 saturated carbocycles. The van der Waals surface area contributed by atoms with E-state index in [-0.39, 0.29) is 24.0 Å². The highest BCUT2D eigenvalue weighted by atomic mass is 16.5. The van der Waals surface area contributed by atoms with Gasteiger partial charge in [-0.15, -0.1) is 0 Å². The fourth-order valence-corrected chi connectivity index (χ4v) is 3.36. The molecule has 0 aliphatic heterocycles. The molecule has 5 nitrogen and oxygen atoms in total. The van der Waals surface area contributed by atoms with Crippen molar-refractivity contribution in [2.45, 2.75) is 44.8 Å². The summed E-state index contributed by atoms with van der Waals surface area (Å²) in [5, 5.41) is 19.4. The van der Waals surface area contributed by atoms with Crippen LogP contribution in [0.3, 0.4) is 0 Å². The van der Waals surface area contributed by atoms with Crippen molar-refractivity contribution in [1.29, 1.82) is 0 Å². The Morgan fingerprint density at radius 1 is 1.00 bits per heavy atom. The minimum Gasteiger partial charge on any atom is -0.368 e. The van der Waals surface area contributed by atoms with Crippen LogP contribution in [-0.2, 0) is 11.2 Å². The number of ketones is 1. The predicted octanol–water partition coefficient (Wildman–Crippen LogP) is 4.09. The van der Waals surface area contributed by atoms with Gasteiger partial charge in [-0.05, 0) is 42.9 Å². The van der Waals surface area contributed by atoms with Crippen LogP contribution in [0.15, 0.2) is 60.7 Å². The van der Waals surface area contributed by atoms with Crippen LogP contribution in [0, 0.1) is 5.92 Å². The van der Waals surface area contributed by atoms with Gasteiger partial charge < -0.3 is 15.1 Å². The highest BCUT2D eigenvalue weighted by Crippen LogP contribution is 2.19. The third-order valence-electron chi connectivity index (χ3n) is 5.28. The normalized spacial score (nSPS) is 12.3. The summed E-state index contributed by atoms with van der Waals surface area (Å²) in [6.07, 6.45) is 5.83. The van der Waals surface area contributed by atoms with Crippen LogP contribution in [0.2, 0.25) is 0 Å². The number of nitrogens with zero attached hydrogens (tertiary/aromatic N) is 1. The van der Waals surface area contributed by atoms with Crippen molar-refractivity contribution < 1.29 is 19.8 Å². The van der Waals surface area contributed by atoms with Gasteiger partial charge in [0.25, 0.3) is 0 Å². The average molecular weight is 424 g/mol. The minimum absolute atomic E-state index is 0.00876. The number of hydrogen-bond donors (Lipinski definition) is 2. The summed E-state index contributed by atoms with van der Waals surface area (Å²) >= 11 is 0. The highest BCUT2D eigenvalue weighted by Gasteiger charge is 2.19. The number of hydrogen-bond acceptors (Lipinski definition) is 4. The summed E-state index contributed by atoms with van der Waals surface area (Å²) in [5.41, 5.74) is 2.58. The second kappa shape index (κ2) is 12.8. The van der Waals surface area contributed by atoms with Crippen molar-refractivity contribution in [3.8, 4) is 0 Å². The molecule has 5 heteroatoms. The van der Waals surface area contributed by atoms with E-state index < -0.39 is 6.29 Å². The number of carbonyl (C=O) groups is 2. The predicted molar refractivity (Wildman–Crippen MR) is 123 cm³/mol. The van der Waals surface area contributed by atoms with Crippen molar-refractivity contribution in [3.05, 3.63) is 77.4 Å². The van der Waals surface area contributed by atoms with E-state index in [1.165, 1.54) is 0 Å². The fraction of sp³-hybridized carbons (Fsp3) is 0.385. The molecule has 1 atom stereocenters. The highest BCUT2D eigenvalue weighted by molar-refractivity contribution is 5.96. The molecule has 166 valence electrons. The van der Waals surface area contributed by atoms with Crippen molar-refractivity contribution in [2.24, 2.45) is 5.92 Å². The van der Waals surface area contributed by atoms with Crippen LogP contribution in [-0.4, -0.2) is 47.2 Å². The smallest absolute Gasteiger partial charge is 0.222 e. The molecule has 2 rings (SSSR count). The number of amides is 1. The second-order valence-electron chi connectivity index (χ2n) is 8.03. The third-order valence-corrected chi connectivity index (χ3v) is 5.28. The lowest BCUT2D eigenvalue weighted by Crippen LogP contribution is -2.23. The molecule has 0 fully saturated rings. The standard InChI is InChI=1S/C26H33NO4/c1-27(2)25(29)15-8-4-7-12-21-13-9-14-22(18-21)24(28)17-16-23(26(30)31)19-20-10-5-3-6-11-20/h3,5-7,9-14,18,23,26,30-31H,4,8,15-17,19H2,1-2H3/b12-7-/t23-/m1/s1. The Hall–Kier alpha value is -2.76. The van der Waals surface area contributed by atoms with Gasteiger partial charge in [0.1, 0.15) is 0 Å². The number of allylic oxidation sites excluding steroid dienone is 1. The van der Waals surface area contributed by atoms with E-state index in [0.717, 1.165) is 24.0 Å². The van der Waals surface area contributed by atoms with Gasteiger partial charge >= 0.3 is 0 Å². The molecule has 31 heavy (non-hydrogen) atoms. The van der Waals surface area contributed by atoms with Crippen LogP contribution in [0.1, 0.15) is 53.6 Å². The Labute approximate surface area is 185 Å². The lowest BCUT2D eigenvalue weighted by Gasteiger charge is -2.18. The first-order valence-electron chi connectivity index (χ1n) is 10.8. The van der Waals surface area contributed by atoms with Crippen LogP contribution in [0.4, 0.5) is 0 Å². The van der Waals surface area contributed by atoms with E-state index in [2.05, 4.69) is 0 Å². The Morgan fingerprint density at radius 2 is 1.74 bits per heavy atom. The van der Waals surface area contributed by atoms with Crippen molar-refractivity contribution in [1.82, 2.24) is 4.90 Å². The summed E-state index contributed by atoms with van der Waals surface area (Å²) in [7, 11) is 3.51. The number of benzene rings is 2. The topological polar surface area (TPSA) is 77.8 Å². The molecule has 0 radical (unpaired) electrons. The molecular formula is C26H33NO4. The first-order valence-corrected chi connectivity index (χ1v) is 10.8. The Balaban J connectivity index is 1.87. The first-order chi connectivity index (χ1) is 14.9. The minimum atomic E-state index is -1.46. The van der Waals surface area contributed by atoms with Crippen LogP contribution in [0.25, 0.3) is 6.08 Å². The van der Waals surface area contributed by atoms with Crippen LogP contribution in [0.5, 0.6) is 0 Å². The van der Waals surface area contributed by atoms with Gasteiger partial charge in [0.05, 0.1) is 0 Å². The molecule has 1 amide bonds. The number of aliphatic hydroxyl groups is 2. The molecule has 0 aliphatic rings. The molecule has 0 aliphatic carbocycles. The monoisotopic (exact) mass is 423 g/mol. The summed E-state index contributed by atoms with van der Waals surface area (Å²) in [6, 6.07) is 17.1. The molecule has 0 aromatic heterocycles. The number of unbranched alkanes of at least 4 members (excludes halogenated alkanes) is 1. The summed E-state index contributed by atoms with van der Waals surface area (Å²) in [4.78, 5) is 25.8. The largest absolute Gasteiger partial charge is 0.368 e. The van der Waals surface area contributed by atoms with E-state index in [4.69, 9.17) is 0 Å². The number of carbonyl (C=O) groups excluding carboxylic acids is 2. The van der Waals surface area contributed by atoms with Crippen molar-refractivity contribution in [3.63, 3.8) is 0 Å². The molecule has 2 N–H and O–H groups in total. The zero-order valence-corrected chi connectivity index (χ0v) is 18.4. The van der Waals surface area contributed by atoms with Gasteiger partial charge in [0.2, 0.25) is 5.91 Å². The van der Waals surface area contributed by atoms with Gasteiger partial charge in [0, 0.05) is 38.4 Å². The molecule has 0 spiro atoms. The van der Waals surface area contributed by atoms with Gasteiger partial charge in [-0.1, -0.05) is 60.7 Å². The number of Topliss-reactive ketones (excluding diaryl/α,β-unsaturated/α-hetero) is 1. The van der Waals surface area contributed by atoms with Crippen molar-refractivity contribution >= 4 is 17.8 Å². The van der Waals surface area contributed by atoms with E-state index in [9.17, 15) is 19.8 Å². The molecular weight excluding hydrogens is 390 g/mol. The molecule has 0 heterocycles. The average Bonchev–Trinajstić information content (AvgIpc) is 2.76. The summed E-state index contributed by atoms with van der Waals surface area (Å²) in [5.74, 6) is -0.274. The number of aliphatic hydroxyl groups excluding tert-OH is 1. The Bertz CT molecular complexity index is 859. The lowest BCUT2D eigenvalue weighted by atomic mass is 9.92. The lowest BCUT2D eigenvalue weighted by molar-refractivity contribution is -0.128. The molecule has 0 bridgehead atoms. The maximum absolute atomic E-state index is 12.7. The fourth-order valence-electron chi connectivity index (χ4n) is 3.36. The summed E-state index contributed by atoms with van der Waals surface area (Å²) < 4.78 is 0. The van der Waals surface area contributed by atoms with Crippen molar-refractivity contribution in [2.75, 3.05) is 14.1 Å². The maximum Gasteiger partial charge on any atom is 0.222 e. The van der Waals surface area contributed by atoms with E-state index in [0.29, 0.717) is 24.8 Å². The molecule has 2 aromatic rings. The Kier molecular flexibility index (Phi) is 10.1. The number of rotatable bonds is 12. The van der Waals surface area contributed by atoms with E-state index in [1.807, 2.05) is 60.7 Å². The quantitative estimate of drug-likeness (QED) is 0.306. The van der Waals surface area contributed by atoms with Gasteiger partial charge in [-0.2, -0.15) is 0 Å². The third kappa shape index (κ3) is 8.87.